The fraction of sp³-hybridized carbons (Fsp3) is 0.667. The van der Waals surface area contributed by atoms with Crippen LogP contribution in [0.5, 0.6) is 0 Å². The number of thiophene rings is 1. The molecule has 2 aliphatic rings. The van der Waals surface area contributed by atoms with Crippen LogP contribution in [0.4, 0.5) is 4.79 Å². The molecule has 1 aromatic rings. The molecule has 0 radical (unpaired) electrons. The Labute approximate surface area is 176 Å². The van der Waals surface area contributed by atoms with E-state index < -0.39 is 0 Å². The van der Waals surface area contributed by atoms with Gasteiger partial charge in [0.05, 0.1) is 4.88 Å². The molecule has 0 aromatic carbocycles. The van der Waals surface area contributed by atoms with E-state index in [4.69, 9.17) is 0 Å². The maximum absolute atomic E-state index is 12.3. The molecule has 0 bridgehead atoms. The molecule has 4 amide bonds. The van der Waals surface area contributed by atoms with Gasteiger partial charge in [-0.25, -0.2) is 4.79 Å². The van der Waals surface area contributed by atoms with Gasteiger partial charge < -0.3 is 10.6 Å². The smallest absolute Gasteiger partial charge is 0.315 e. The van der Waals surface area contributed by atoms with Gasteiger partial charge in [0, 0.05) is 23.9 Å². The highest BCUT2D eigenvalue weighted by molar-refractivity contribution is 7.14. The molecule has 3 rings (SSSR count). The van der Waals surface area contributed by atoms with E-state index in [0.29, 0.717) is 17.8 Å². The summed E-state index contributed by atoms with van der Waals surface area (Å²) in [6, 6.07) is 2.07. The number of urea groups is 1. The topological polar surface area (TPSA) is 99.3 Å². The van der Waals surface area contributed by atoms with E-state index in [1.54, 1.807) is 0 Å². The molecule has 0 spiro atoms. The van der Waals surface area contributed by atoms with Gasteiger partial charge in [-0.2, -0.15) is 0 Å². The lowest BCUT2D eigenvalue weighted by molar-refractivity contribution is -0.121. The van der Waals surface area contributed by atoms with Crippen LogP contribution in [0.2, 0.25) is 0 Å². The van der Waals surface area contributed by atoms with Crippen molar-refractivity contribution in [1.82, 2.24) is 21.5 Å². The summed E-state index contributed by atoms with van der Waals surface area (Å²) in [7, 11) is 0. The molecular weight excluding hydrogens is 388 g/mol. The first-order valence-electron chi connectivity index (χ1n) is 10.9. The zero-order valence-electron chi connectivity index (χ0n) is 17.0. The Balaban J connectivity index is 1.28. The van der Waals surface area contributed by atoms with Gasteiger partial charge in [-0.3, -0.25) is 20.4 Å². The minimum absolute atomic E-state index is 0.164. The fourth-order valence-corrected chi connectivity index (χ4v) is 5.11. The van der Waals surface area contributed by atoms with E-state index >= 15 is 0 Å². The van der Waals surface area contributed by atoms with Crippen LogP contribution in [-0.4, -0.2) is 30.4 Å². The quantitative estimate of drug-likeness (QED) is 0.323. The summed E-state index contributed by atoms with van der Waals surface area (Å²) in [5.74, 6) is -0.521. The molecule has 0 unspecified atom stereocenters. The molecular formula is C21H32N4O3S. The lowest BCUT2D eigenvalue weighted by Crippen LogP contribution is -2.44. The van der Waals surface area contributed by atoms with Crippen molar-refractivity contribution in [1.29, 1.82) is 0 Å². The third kappa shape index (κ3) is 7.03. The molecule has 1 fully saturated rings. The summed E-state index contributed by atoms with van der Waals surface area (Å²) in [5, 5.41) is 5.78. The molecule has 1 heterocycles. The second-order valence-corrected chi connectivity index (χ2v) is 9.10. The van der Waals surface area contributed by atoms with Crippen molar-refractivity contribution in [2.45, 2.75) is 83.1 Å². The zero-order chi connectivity index (χ0) is 20.5. The van der Waals surface area contributed by atoms with Crippen molar-refractivity contribution in [2.75, 3.05) is 6.54 Å². The number of hydrogen-bond donors (Lipinski definition) is 4. The van der Waals surface area contributed by atoms with E-state index in [1.165, 1.54) is 60.3 Å². The monoisotopic (exact) mass is 420 g/mol. The van der Waals surface area contributed by atoms with Gasteiger partial charge in [0.25, 0.3) is 5.91 Å². The minimum atomic E-state index is -0.263. The Morgan fingerprint density at radius 1 is 0.966 bits per heavy atom. The number of amides is 4. The highest BCUT2D eigenvalue weighted by Gasteiger charge is 2.17. The van der Waals surface area contributed by atoms with E-state index in [2.05, 4.69) is 21.5 Å². The van der Waals surface area contributed by atoms with Crippen molar-refractivity contribution in [3.63, 3.8) is 0 Å². The first-order chi connectivity index (χ1) is 14.1. The summed E-state index contributed by atoms with van der Waals surface area (Å²) in [6.07, 6.45) is 12.1. The number of carbonyl (C=O) groups excluding carboxylic acids is 3. The second-order valence-electron chi connectivity index (χ2n) is 7.96. The molecule has 1 saturated carbocycles. The van der Waals surface area contributed by atoms with Gasteiger partial charge in [-0.15, -0.1) is 11.3 Å². The maximum atomic E-state index is 12.3. The summed E-state index contributed by atoms with van der Waals surface area (Å²) >= 11 is 1.53. The van der Waals surface area contributed by atoms with Crippen LogP contribution in [0.15, 0.2) is 6.07 Å². The van der Waals surface area contributed by atoms with E-state index in [1.807, 2.05) is 6.07 Å². The number of carbonyl (C=O) groups is 3. The molecule has 29 heavy (non-hydrogen) atoms. The van der Waals surface area contributed by atoms with E-state index in [0.717, 1.165) is 25.7 Å². The summed E-state index contributed by atoms with van der Waals surface area (Å²) in [5.41, 5.74) is 6.25. The number of fused-ring (bicyclic) bond motifs is 1. The first kappa shape index (κ1) is 21.6. The lowest BCUT2D eigenvalue weighted by Gasteiger charge is -2.22. The van der Waals surface area contributed by atoms with Crippen LogP contribution in [0.3, 0.4) is 0 Å². The van der Waals surface area contributed by atoms with Crippen molar-refractivity contribution >= 4 is 29.2 Å². The standard InChI is InChI=1S/C21H32N4O3S/c26-19(12-7-13-22-21(28)23-16-9-4-2-5-10-16)24-25-20(27)18-14-15-8-3-1-6-11-17(15)29-18/h14,16H,1-13H2,(H,24,26)(H,25,27)(H2,22,23,28). The molecule has 0 atom stereocenters. The van der Waals surface area contributed by atoms with Gasteiger partial charge in [0.2, 0.25) is 5.91 Å². The maximum Gasteiger partial charge on any atom is 0.315 e. The van der Waals surface area contributed by atoms with Crippen LogP contribution < -0.4 is 21.5 Å². The number of rotatable bonds is 6. The van der Waals surface area contributed by atoms with Crippen molar-refractivity contribution in [3.8, 4) is 0 Å². The van der Waals surface area contributed by atoms with Gasteiger partial charge in [-0.1, -0.05) is 25.7 Å². The van der Waals surface area contributed by atoms with E-state index in [9.17, 15) is 14.4 Å². The van der Waals surface area contributed by atoms with Gasteiger partial charge in [-0.05, 0) is 56.6 Å². The Morgan fingerprint density at radius 2 is 1.72 bits per heavy atom. The molecule has 7 nitrogen and oxygen atoms in total. The van der Waals surface area contributed by atoms with Crippen molar-refractivity contribution in [2.24, 2.45) is 0 Å². The number of hydrazine groups is 1. The molecule has 4 N–H and O–H groups in total. The van der Waals surface area contributed by atoms with Crippen LogP contribution in [0, 0.1) is 0 Å². The summed E-state index contributed by atoms with van der Waals surface area (Å²) < 4.78 is 0. The Bertz CT molecular complexity index is 689. The van der Waals surface area contributed by atoms with Crippen LogP contribution in [0.1, 0.15) is 84.3 Å². The fourth-order valence-electron chi connectivity index (χ4n) is 3.96. The molecule has 2 aliphatic carbocycles. The van der Waals surface area contributed by atoms with Crippen molar-refractivity contribution < 1.29 is 14.4 Å². The third-order valence-electron chi connectivity index (χ3n) is 5.59. The third-order valence-corrected chi connectivity index (χ3v) is 6.83. The molecule has 0 saturated heterocycles. The predicted molar refractivity (Wildman–Crippen MR) is 114 cm³/mol. The van der Waals surface area contributed by atoms with Crippen LogP contribution in [-0.2, 0) is 17.6 Å². The van der Waals surface area contributed by atoms with Crippen LogP contribution >= 0.6 is 11.3 Å². The summed E-state index contributed by atoms with van der Waals surface area (Å²) in [6.45, 7) is 0.428. The Hall–Kier alpha value is -2.09. The van der Waals surface area contributed by atoms with E-state index in [-0.39, 0.29) is 30.3 Å². The van der Waals surface area contributed by atoms with Gasteiger partial charge in [0.1, 0.15) is 0 Å². The van der Waals surface area contributed by atoms with Crippen LogP contribution in [0.25, 0.3) is 0 Å². The summed E-state index contributed by atoms with van der Waals surface area (Å²) in [4.78, 5) is 38.0. The van der Waals surface area contributed by atoms with Gasteiger partial charge >= 0.3 is 6.03 Å². The SMILES string of the molecule is O=C(CCCNC(=O)NC1CCCCC1)NNC(=O)c1cc2c(s1)CCCCC2. The largest absolute Gasteiger partial charge is 0.338 e. The lowest BCUT2D eigenvalue weighted by atomic mass is 9.96. The normalized spacial score (nSPS) is 17.0. The minimum Gasteiger partial charge on any atom is -0.338 e. The molecule has 160 valence electrons. The Kier molecular flexibility index (Phi) is 8.34. The average Bonchev–Trinajstić information content (AvgIpc) is 3.01. The zero-order valence-corrected chi connectivity index (χ0v) is 17.8. The van der Waals surface area contributed by atoms with Gasteiger partial charge in [0.15, 0.2) is 0 Å². The number of nitrogens with one attached hydrogen (secondary N) is 4. The highest BCUT2D eigenvalue weighted by atomic mass is 32.1. The number of aryl methyl sites for hydroxylation is 2. The average molecular weight is 421 g/mol. The highest BCUT2D eigenvalue weighted by Crippen LogP contribution is 2.28. The second kappa shape index (κ2) is 11.2. The predicted octanol–water partition coefficient (Wildman–Crippen LogP) is 3.19. The van der Waals surface area contributed by atoms with Crippen molar-refractivity contribution in [3.05, 3.63) is 21.4 Å². The number of hydrogen-bond acceptors (Lipinski definition) is 4. The molecule has 1 aromatic heterocycles. The molecule has 8 heteroatoms. The first-order valence-corrected chi connectivity index (χ1v) is 11.7. The molecule has 0 aliphatic heterocycles. The Morgan fingerprint density at radius 3 is 2.55 bits per heavy atom.